The van der Waals surface area contributed by atoms with Gasteiger partial charge in [-0.05, 0) is 20.3 Å². The molecule has 0 spiro atoms. The molecule has 1 aliphatic heterocycles. The Morgan fingerprint density at radius 1 is 1.60 bits per heavy atom. The molecule has 15 heavy (non-hydrogen) atoms. The molecule has 1 amide bonds. The number of amides is 1. The van der Waals surface area contributed by atoms with Crippen LogP contribution in [0.5, 0.6) is 0 Å². The summed E-state index contributed by atoms with van der Waals surface area (Å²) in [5, 5.41) is 0. The van der Waals surface area contributed by atoms with Gasteiger partial charge in [-0.3, -0.25) is 4.79 Å². The molecule has 1 aliphatic rings. The van der Waals surface area contributed by atoms with Gasteiger partial charge < -0.3 is 14.4 Å². The highest BCUT2D eigenvalue weighted by Crippen LogP contribution is 2.34. The van der Waals surface area contributed by atoms with Gasteiger partial charge in [-0.15, -0.1) is 0 Å². The number of hydrogen-bond acceptors (Lipinski definition) is 3. The van der Waals surface area contributed by atoms with E-state index in [2.05, 4.69) is 0 Å². The van der Waals surface area contributed by atoms with E-state index in [1.54, 1.807) is 13.8 Å². The lowest BCUT2D eigenvalue weighted by Gasteiger charge is -2.33. The van der Waals surface area contributed by atoms with Gasteiger partial charge in [-0.1, -0.05) is 6.92 Å². The third kappa shape index (κ3) is 2.22. The van der Waals surface area contributed by atoms with Crippen LogP contribution < -0.4 is 0 Å². The summed E-state index contributed by atoms with van der Waals surface area (Å²) >= 11 is 0. The van der Waals surface area contributed by atoms with Crippen molar-refractivity contribution in [1.29, 1.82) is 0 Å². The van der Waals surface area contributed by atoms with E-state index in [0.717, 1.165) is 12.7 Å². The van der Waals surface area contributed by atoms with Crippen LogP contribution in [0.1, 0.15) is 33.6 Å². The number of hydrogen-bond donors (Lipinski definition) is 0. The highest BCUT2D eigenvalue weighted by Gasteiger charge is 2.46. The summed E-state index contributed by atoms with van der Waals surface area (Å²) < 4.78 is 5.66. The molecule has 4 nitrogen and oxygen atoms in total. The van der Waals surface area contributed by atoms with E-state index in [9.17, 15) is 9.59 Å². The summed E-state index contributed by atoms with van der Waals surface area (Å²) in [6, 6.07) is -0.109. The van der Waals surface area contributed by atoms with E-state index in [1.807, 2.05) is 6.92 Å². The Kier molecular flexibility index (Phi) is 3.55. The first-order valence-corrected chi connectivity index (χ1v) is 5.14. The number of carbonyl (C=O) groups is 2. The Bertz CT molecular complexity index is 267. The largest absolute Gasteiger partial charge is 0.350 e. The van der Waals surface area contributed by atoms with Crippen LogP contribution in [0.25, 0.3) is 0 Å². The van der Waals surface area contributed by atoms with E-state index < -0.39 is 11.5 Å². The Labute approximate surface area is 91.4 Å². The van der Waals surface area contributed by atoms with Crippen molar-refractivity contribution in [3.05, 3.63) is 0 Å². The molecule has 0 aromatic carbocycles. The molecule has 0 bridgehead atoms. The molecule has 2 radical (unpaired) electrons. The van der Waals surface area contributed by atoms with Crippen molar-refractivity contribution in [3.63, 3.8) is 0 Å². The van der Waals surface area contributed by atoms with E-state index in [1.165, 1.54) is 4.90 Å². The van der Waals surface area contributed by atoms with Crippen molar-refractivity contribution < 1.29 is 14.3 Å². The molecular weight excluding hydrogens is 193 g/mol. The van der Waals surface area contributed by atoms with E-state index in [0.29, 0.717) is 6.42 Å². The average Bonchev–Trinajstić information content (AvgIpc) is 2.36. The second-order valence-electron chi connectivity index (χ2n) is 4.19. The van der Waals surface area contributed by atoms with Crippen molar-refractivity contribution in [2.75, 3.05) is 0 Å². The maximum atomic E-state index is 11.3. The molecule has 5 heteroatoms. The van der Waals surface area contributed by atoms with Gasteiger partial charge in [-0.2, -0.15) is 0 Å². The van der Waals surface area contributed by atoms with Crippen LogP contribution in [-0.4, -0.2) is 42.7 Å². The van der Waals surface area contributed by atoms with Crippen molar-refractivity contribution in [1.82, 2.24) is 4.90 Å². The zero-order chi connectivity index (χ0) is 11.6. The van der Waals surface area contributed by atoms with Crippen molar-refractivity contribution in [2.45, 2.75) is 51.5 Å². The smallest absolute Gasteiger partial charge is 0.200 e. The fourth-order valence-electron chi connectivity index (χ4n) is 2.25. The van der Waals surface area contributed by atoms with Crippen molar-refractivity contribution in [2.24, 2.45) is 0 Å². The first kappa shape index (κ1) is 12.2. The minimum absolute atomic E-state index is 0.109. The Balaban J connectivity index is 2.92. The minimum atomic E-state index is -0.722. The summed E-state index contributed by atoms with van der Waals surface area (Å²) in [6.45, 7) is 5.51. The fourth-order valence-corrected chi connectivity index (χ4v) is 2.25. The van der Waals surface area contributed by atoms with Crippen molar-refractivity contribution in [3.8, 4) is 0 Å². The summed E-state index contributed by atoms with van der Waals surface area (Å²) in [5.41, 5.74) is -0.722. The van der Waals surface area contributed by atoms with Crippen LogP contribution in [0, 0.1) is 0 Å². The normalized spacial score (nSPS) is 29.1. The van der Waals surface area contributed by atoms with Crippen LogP contribution in [0.3, 0.4) is 0 Å². The third-order valence-electron chi connectivity index (χ3n) is 2.76. The lowest BCUT2D eigenvalue weighted by molar-refractivity contribution is -0.112. The zero-order valence-corrected chi connectivity index (χ0v) is 9.40. The number of carbonyl (C=O) groups excluding carboxylic acids is 2. The number of aldehydes is 1. The maximum absolute atomic E-state index is 11.3. The van der Waals surface area contributed by atoms with Gasteiger partial charge in [0.15, 0.2) is 5.81 Å². The lowest BCUT2D eigenvalue weighted by Crippen LogP contribution is -2.47. The maximum Gasteiger partial charge on any atom is 0.200 e. The Morgan fingerprint density at radius 3 is 2.60 bits per heavy atom. The second-order valence-corrected chi connectivity index (χ2v) is 4.19. The molecule has 82 valence electrons. The Morgan fingerprint density at radius 2 is 2.20 bits per heavy atom. The van der Waals surface area contributed by atoms with Gasteiger partial charge in [0.25, 0.3) is 0 Å². The van der Waals surface area contributed by atoms with Crippen LogP contribution in [0.15, 0.2) is 0 Å². The minimum Gasteiger partial charge on any atom is -0.350 e. The number of nitrogens with zero attached hydrogens (tertiary/aromatic N) is 1. The molecule has 0 N–H and O–H groups in total. The number of ether oxygens (including phenoxy) is 1. The van der Waals surface area contributed by atoms with E-state index in [-0.39, 0.29) is 12.1 Å². The summed E-state index contributed by atoms with van der Waals surface area (Å²) in [4.78, 5) is 23.3. The third-order valence-corrected chi connectivity index (χ3v) is 2.76. The molecule has 1 fully saturated rings. The molecule has 0 aliphatic carbocycles. The first-order chi connectivity index (χ1) is 6.94. The van der Waals surface area contributed by atoms with Gasteiger partial charge in [0.2, 0.25) is 7.85 Å². The van der Waals surface area contributed by atoms with E-state index >= 15 is 0 Å². The molecular formula is C10H16BNO3. The monoisotopic (exact) mass is 209 g/mol. The van der Waals surface area contributed by atoms with Crippen molar-refractivity contribution >= 4 is 19.9 Å². The van der Waals surface area contributed by atoms with Crippen LogP contribution >= 0.6 is 0 Å². The predicted octanol–water partition coefficient (Wildman–Crippen LogP) is 1.08. The van der Waals surface area contributed by atoms with Gasteiger partial charge in [-0.25, -0.2) is 0 Å². The average molecular weight is 209 g/mol. The molecule has 0 unspecified atom stereocenters. The van der Waals surface area contributed by atoms with Gasteiger partial charge in [0, 0.05) is 6.42 Å². The van der Waals surface area contributed by atoms with Gasteiger partial charge >= 0.3 is 0 Å². The van der Waals surface area contributed by atoms with Crippen LogP contribution in [-0.2, 0) is 9.53 Å². The molecule has 0 aromatic rings. The lowest BCUT2D eigenvalue weighted by atomic mass is 10.00. The van der Waals surface area contributed by atoms with Crippen LogP contribution in [0.4, 0.5) is 4.79 Å². The SMILES string of the molecule is [B]C(=O)N1[C@@H](CC)[C@@H](CC=O)OC1(C)C. The molecule has 1 rings (SSSR count). The topological polar surface area (TPSA) is 46.6 Å². The number of rotatable bonds is 3. The summed E-state index contributed by atoms with van der Waals surface area (Å²) in [6.07, 6.45) is 1.60. The molecule has 0 saturated carbocycles. The standard InChI is InChI=1S/C10H16BNO3/c1-4-7-8(5-6-13)15-10(2,3)12(7)9(11)14/h6-8H,4-5H2,1-3H3/t7-,8+/m0/s1. The second kappa shape index (κ2) is 4.35. The van der Waals surface area contributed by atoms with Gasteiger partial charge in [0.1, 0.15) is 12.0 Å². The summed E-state index contributed by atoms with van der Waals surface area (Å²) in [7, 11) is 5.32. The van der Waals surface area contributed by atoms with Crippen LogP contribution in [0.2, 0.25) is 0 Å². The highest BCUT2D eigenvalue weighted by molar-refractivity contribution is 6.57. The first-order valence-electron chi connectivity index (χ1n) is 5.14. The quantitative estimate of drug-likeness (QED) is 0.516. The molecule has 1 heterocycles. The fraction of sp³-hybridized carbons (Fsp3) is 0.800. The Hall–Kier alpha value is -0.835. The molecule has 1 saturated heterocycles. The summed E-state index contributed by atoms with van der Waals surface area (Å²) in [5.74, 6) is -0.500. The molecule has 0 aromatic heterocycles. The molecule has 2 atom stereocenters. The zero-order valence-electron chi connectivity index (χ0n) is 9.40. The highest BCUT2D eigenvalue weighted by atomic mass is 16.5. The van der Waals surface area contributed by atoms with Gasteiger partial charge in [0.05, 0.1) is 12.1 Å². The predicted molar refractivity (Wildman–Crippen MR) is 56.7 cm³/mol. The van der Waals surface area contributed by atoms with E-state index in [4.69, 9.17) is 12.6 Å².